The summed E-state index contributed by atoms with van der Waals surface area (Å²) in [6.45, 7) is 1.00. The molecule has 0 spiro atoms. The van der Waals surface area contributed by atoms with Crippen molar-refractivity contribution in [2.75, 3.05) is 13.2 Å². The van der Waals surface area contributed by atoms with E-state index >= 15 is 0 Å². The van der Waals surface area contributed by atoms with Gasteiger partial charge in [0.05, 0.1) is 18.8 Å². The lowest BCUT2D eigenvalue weighted by molar-refractivity contribution is -0.132. The highest BCUT2D eigenvalue weighted by Crippen LogP contribution is 2.36. The Bertz CT molecular complexity index is 275. The van der Waals surface area contributed by atoms with Gasteiger partial charge >= 0.3 is 0 Å². The molecule has 0 saturated heterocycles. The standard InChI is InChI=1S/C12H21F2NO3/c1-2-11(7-16,8-17)15-10(18)9-3-5-12(13,14)6-4-9/h9,16-17H,2-8H2,1H3,(H,15,18). The molecule has 0 unspecified atom stereocenters. The van der Waals surface area contributed by atoms with Crippen LogP contribution in [-0.4, -0.2) is 40.8 Å². The van der Waals surface area contributed by atoms with Crippen LogP contribution < -0.4 is 5.32 Å². The number of rotatable bonds is 5. The first-order valence-corrected chi connectivity index (χ1v) is 6.29. The normalized spacial score (nSPS) is 20.7. The van der Waals surface area contributed by atoms with Crippen molar-refractivity contribution in [2.45, 2.75) is 50.5 Å². The van der Waals surface area contributed by atoms with E-state index in [2.05, 4.69) is 5.32 Å². The molecule has 0 heterocycles. The topological polar surface area (TPSA) is 69.6 Å². The quantitative estimate of drug-likeness (QED) is 0.696. The maximum atomic E-state index is 13.0. The fourth-order valence-corrected chi connectivity index (χ4v) is 2.11. The lowest BCUT2D eigenvalue weighted by atomic mass is 9.85. The van der Waals surface area contributed by atoms with Crippen LogP contribution in [0.3, 0.4) is 0 Å². The minimum Gasteiger partial charge on any atom is -0.394 e. The van der Waals surface area contributed by atoms with E-state index in [4.69, 9.17) is 0 Å². The van der Waals surface area contributed by atoms with Crippen molar-refractivity contribution < 1.29 is 23.8 Å². The van der Waals surface area contributed by atoms with Crippen LogP contribution in [0.25, 0.3) is 0 Å². The Kier molecular flexibility index (Phi) is 5.04. The molecule has 1 aliphatic carbocycles. The van der Waals surface area contributed by atoms with Gasteiger partial charge in [-0.05, 0) is 19.3 Å². The molecule has 6 heteroatoms. The van der Waals surface area contributed by atoms with Crippen LogP contribution in [0, 0.1) is 5.92 Å². The van der Waals surface area contributed by atoms with Crippen molar-refractivity contribution in [1.82, 2.24) is 5.32 Å². The lowest BCUT2D eigenvalue weighted by Gasteiger charge is -2.33. The fraction of sp³-hybridized carbons (Fsp3) is 0.917. The van der Waals surface area contributed by atoms with Gasteiger partial charge in [-0.2, -0.15) is 0 Å². The zero-order chi connectivity index (χ0) is 13.8. The molecule has 0 aromatic rings. The van der Waals surface area contributed by atoms with Crippen LogP contribution in [0.5, 0.6) is 0 Å². The van der Waals surface area contributed by atoms with E-state index in [1.54, 1.807) is 6.92 Å². The van der Waals surface area contributed by atoms with Crippen LogP contribution in [0.2, 0.25) is 0 Å². The molecule has 1 rings (SSSR count). The van der Waals surface area contributed by atoms with Gasteiger partial charge in [0, 0.05) is 18.8 Å². The number of hydrogen-bond acceptors (Lipinski definition) is 3. The van der Waals surface area contributed by atoms with E-state index < -0.39 is 17.4 Å². The van der Waals surface area contributed by atoms with E-state index in [0.29, 0.717) is 6.42 Å². The Morgan fingerprint density at radius 3 is 2.22 bits per heavy atom. The molecule has 1 fully saturated rings. The monoisotopic (exact) mass is 265 g/mol. The van der Waals surface area contributed by atoms with E-state index in [9.17, 15) is 23.8 Å². The van der Waals surface area contributed by atoms with Crippen molar-refractivity contribution in [3.63, 3.8) is 0 Å². The first-order chi connectivity index (χ1) is 8.38. The summed E-state index contributed by atoms with van der Waals surface area (Å²) in [5, 5.41) is 21.0. The number of hydrogen-bond donors (Lipinski definition) is 3. The number of aliphatic hydroxyl groups excluding tert-OH is 2. The Morgan fingerprint density at radius 1 is 1.33 bits per heavy atom. The summed E-state index contributed by atoms with van der Waals surface area (Å²) in [6.07, 6.45) is 0.129. The summed E-state index contributed by atoms with van der Waals surface area (Å²) >= 11 is 0. The van der Waals surface area contributed by atoms with Crippen LogP contribution in [0.15, 0.2) is 0 Å². The van der Waals surface area contributed by atoms with Gasteiger partial charge in [-0.3, -0.25) is 4.79 Å². The van der Waals surface area contributed by atoms with Gasteiger partial charge in [-0.15, -0.1) is 0 Å². The van der Waals surface area contributed by atoms with E-state index in [-0.39, 0.29) is 44.8 Å². The van der Waals surface area contributed by atoms with Crippen LogP contribution in [-0.2, 0) is 4.79 Å². The van der Waals surface area contributed by atoms with E-state index in [0.717, 1.165) is 0 Å². The molecule has 1 saturated carbocycles. The van der Waals surface area contributed by atoms with E-state index in [1.807, 2.05) is 0 Å². The predicted octanol–water partition coefficient (Wildman–Crippen LogP) is 1.06. The number of carbonyl (C=O) groups is 1. The number of nitrogens with one attached hydrogen (secondary N) is 1. The average molecular weight is 265 g/mol. The van der Waals surface area contributed by atoms with Gasteiger partial charge < -0.3 is 15.5 Å². The molecule has 1 aliphatic rings. The minimum absolute atomic E-state index is 0.148. The van der Waals surface area contributed by atoms with Crippen LogP contribution >= 0.6 is 0 Å². The zero-order valence-electron chi connectivity index (χ0n) is 10.6. The predicted molar refractivity (Wildman–Crippen MR) is 62.2 cm³/mol. The molecular weight excluding hydrogens is 244 g/mol. The molecule has 0 aliphatic heterocycles. The maximum absolute atomic E-state index is 13.0. The average Bonchev–Trinajstić information content (AvgIpc) is 2.36. The Hall–Kier alpha value is -0.750. The Labute approximate surface area is 105 Å². The largest absolute Gasteiger partial charge is 0.394 e. The van der Waals surface area contributed by atoms with Gasteiger partial charge in [0.25, 0.3) is 0 Å². The van der Waals surface area contributed by atoms with Crippen LogP contribution in [0.4, 0.5) is 8.78 Å². The molecule has 0 atom stereocenters. The van der Waals surface area contributed by atoms with Crippen molar-refractivity contribution in [3.05, 3.63) is 0 Å². The van der Waals surface area contributed by atoms with Gasteiger partial charge in [0.1, 0.15) is 0 Å². The van der Waals surface area contributed by atoms with Crippen molar-refractivity contribution in [3.8, 4) is 0 Å². The van der Waals surface area contributed by atoms with Crippen LogP contribution in [0.1, 0.15) is 39.0 Å². The molecule has 3 N–H and O–H groups in total. The third-order valence-electron chi connectivity index (χ3n) is 3.76. The van der Waals surface area contributed by atoms with Gasteiger partial charge in [0.15, 0.2) is 0 Å². The summed E-state index contributed by atoms with van der Waals surface area (Å²) in [5.74, 6) is -3.46. The smallest absolute Gasteiger partial charge is 0.248 e. The Morgan fingerprint density at radius 2 is 1.83 bits per heavy atom. The molecule has 1 amide bonds. The summed E-state index contributed by atoms with van der Waals surface area (Å²) in [5.41, 5.74) is -1.04. The van der Waals surface area contributed by atoms with Gasteiger partial charge in [-0.1, -0.05) is 6.92 Å². The number of halogens is 2. The first-order valence-electron chi connectivity index (χ1n) is 6.29. The highest BCUT2D eigenvalue weighted by atomic mass is 19.3. The maximum Gasteiger partial charge on any atom is 0.248 e. The zero-order valence-corrected chi connectivity index (χ0v) is 10.6. The van der Waals surface area contributed by atoms with Gasteiger partial charge in [0.2, 0.25) is 11.8 Å². The summed E-state index contributed by atoms with van der Waals surface area (Å²) in [4.78, 5) is 11.9. The fourth-order valence-electron chi connectivity index (χ4n) is 2.11. The summed E-state index contributed by atoms with van der Waals surface area (Å²) in [6, 6.07) is 0. The second-order valence-electron chi connectivity index (χ2n) is 5.07. The highest BCUT2D eigenvalue weighted by molar-refractivity contribution is 5.79. The highest BCUT2D eigenvalue weighted by Gasteiger charge is 2.39. The molecule has 106 valence electrons. The molecule has 0 aromatic carbocycles. The molecule has 0 radical (unpaired) electrons. The molecule has 18 heavy (non-hydrogen) atoms. The third kappa shape index (κ3) is 3.62. The van der Waals surface area contributed by atoms with Crippen molar-refractivity contribution >= 4 is 5.91 Å². The van der Waals surface area contributed by atoms with Gasteiger partial charge in [-0.25, -0.2) is 8.78 Å². The summed E-state index contributed by atoms with van der Waals surface area (Å²) in [7, 11) is 0. The minimum atomic E-state index is -2.66. The second-order valence-corrected chi connectivity index (χ2v) is 5.07. The van der Waals surface area contributed by atoms with Crippen molar-refractivity contribution in [1.29, 1.82) is 0 Å². The number of aliphatic hydroxyl groups is 2. The number of carbonyl (C=O) groups excluding carboxylic acids is 1. The van der Waals surface area contributed by atoms with E-state index in [1.165, 1.54) is 0 Å². The van der Waals surface area contributed by atoms with Crippen molar-refractivity contribution in [2.24, 2.45) is 5.92 Å². The molecular formula is C12H21F2NO3. The summed E-state index contributed by atoms with van der Waals surface area (Å²) < 4.78 is 25.9. The molecule has 4 nitrogen and oxygen atoms in total. The SMILES string of the molecule is CCC(CO)(CO)NC(=O)C1CCC(F)(F)CC1. The number of alkyl halides is 2. The third-order valence-corrected chi connectivity index (χ3v) is 3.76. The lowest BCUT2D eigenvalue weighted by Crippen LogP contribution is -2.55. The molecule has 0 bridgehead atoms. The first kappa shape index (κ1) is 15.3. The Balaban J connectivity index is 2.56. The molecule has 0 aromatic heterocycles. The second kappa shape index (κ2) is 5.93. The number of amides is 1.